The van der Waals surface area contributed by atoms with Crippen molar-refractivity contribution in [2.45, 2.75) is 44.6 Å². The van der Waals surface area contributed by atoms with E-state index in [1.165, 1.54) is 12.1 Å². The molecule has 1 unspecified atom stereocenters. The first-order chi connectivity index (χ1) is 12.6. The van der Waals surface area contributed by atoms with E-state index in [4.69, 9.17) is 5.11 Å². The van der Waals surface area contributed by atoms with Gasteiger partial charge in [0, 0.05) is 31.3 Å². The summed E-state index contributed by atoms with van der Waals surface area (Å²) in [5.41, 5.74) is -0.0509. The van der Waals surface area contributed by atoms with Crippen molar-refractivity contribution in [2.24, 2.45) is 0 Å². The Morgan fingerprint density at radius 3 is 2.44 bits per heavy atom. The van der Waals surface area contributed by atoms with E-state index in [1.807, 2.05) is 23.6 Å². The fraction of sp³-hybridized carbons (Fsp3) is 0.579. The number of hydrogen-bond donors (Lipinski definition) is 1. The van der Waals surface area contributed by atoms with Crippen LogP contribution in [0.1, 0.15) is 38.7 Å². The summed E-state index contributed by atoms with van der Waals surface area (Å²) in [5.74, 6) is -0.869. The summed E-state index contributed by atoms with van der Waals surface area (Å²) in [5, 5.41) is 19.8. The maximum atomic E-state index is 13.1. The maximum Gasteiger partial charge on any atom is 0.317 e. The number of nitrogens with zero attached hydrogens (tertiary/aromatic N) is 3. The molecule has 1 aliphatic heterocycles. The van der Waals surface area contributed by atoms with Crippen molar-refractivity contribution in [3.05, 3.63) is 39.9 Å². The van der Waals surface area contributed by atoms with Gasteiger partial charge in [0.25, 0.3) is 5.69 Å². The number of carbonyl (C=O) groups is 2. The number of nitro benzene ring substituents is 1. The molecule has 27 heavy (non-hydrogen) atoms. The molecule has 1 aliphatic rings. The molecule has 1 atom stereocenters. The topological polar surface area (TPSA) is 104 Å². The number of likely N-dealkylation sites (tertiary alicyclic amines) is 1. The summed E-state index contributed by atoms with van der Waals surface area (Å²) in [6, 6.07) is 6.25. The van der Waals surface area contributed by atoms with Crippen LogP contribution in [-0.2, 0) is 15.0 Å². The van der Waals surface area contributed by atoms with Gasteiger partial charge in [-0.05, 0) is 45.7 Å². The molecule has 0 aliphatic carbocycles. The minimum absolute atomic E-state index is 0.00100. The van der Waals surface area contributed by atoms with Crippen LogP contribution in [0, 0.1) is 10.1 Å². The molecule has 1 N–H and O–H groups in total. The Hall–Kier alpha value is -2.48. The Kier molecular flexibility index (Phi) is 6.54. The average molecular weight is 377 g/mol. The van der Waals surface area contributed by atoms with Crippen LogP contribution in [0.3, 0.4) is 0 Å². The predicted molar refractivity (Wildman–Crippen MR) is 101 cm³/mol. The number of aliphatic carboxylic acids is 1. The molecule has 1 saturated heterocycles. The highest BCUT2D eigenvalue weighted by Crippen LogP contribution is 2.29. The van der Waals surface area contributed by atoms with Crippen molar-refractivity contribution in [1.82, 2.24) is 9.80 Å². The minimum Gasteiger partial charge on any atom is -0.480 e. The zero-order valence-corrected chi connectivity index (χ0v) is 16.1. The number of non-ortho nitro benzene ring substituents is 1. The predicted octanol–water partition coefficient (Wildman–Crippen LogP) is 2.27. The number of carboxylic acid groups (broad SMARTS) is 1. The van der Waals surface area contributed by atoms with Crippen LogP contribution in [0.4, 0.5) is 5.69 Å². The molecule has 148 valence electrons. The van der Waals surface area contributed by atoms with Gasteiger partial charge in [0.2, 0.25) is 5.91 Å². The summed E-state index contributed by atoms with van der Waals surface area (Å²) in [4.78, 5) is 38.1. The number of nitro groups is 1. The second kappa shape index (κ2) is 8.47. The van der Waals surface area contributed by atoms with Gasteiger partial charge in [0.05, 0.1) is 16.9 Å². The first kappa shape index (κ1) is 20.8. The van der Waals surface area contributed by atoms with Gasteiger partial charge in [0.1, 0.15) is 0 Å². The van der Waals surface area contributed by atoms with Gasteiger partial charge in [0.15, 0.2) is 0 Å². The van der Waals surface area contributed by atoms with Gasteiger partial charge in [-0.25, -0.2) is 0 Å². The quantitative estimate of drug-likeness (QED) is 0.602. The molecule has 1 aromatic carbocycles. The third kappa shape index (κ3) is 5.03. The highest BCUT2D eigenvalue weighted by Gasteiger charge is 2.35. The molecule has 0 aromatic heterocycles. The molecule has 1 heterocycles. The van der Waals surface area contributed by atoms with Crippen LogP contribution >= 0.6 is 0 Å². The number of hydrogen-bond acceptors (Lipinski definition) is 5. The lowest BCUT2D eigenvalue weighted by molar-refractivity contribution is -0.384. The van der Waals surface area contributed by atoms with Gasteiger partial charge < -0.3 is 10.0 Å². The Bertz CT molecular complexity index is 702. The van der Waals surface area contributed by atoms with Crippen molar-refractivity contribution >= 4 is 17.6 Å². The fourth-order valence-electron chi connectivity index (χ4n) is 3.58. The van der Waals surface area contributed by atoms with E-state index < -0.39 is 16.3 Å². The van der Waals surface area contributed by atoms with Gasteiger partial charge in [-0.3, -0.25) is 24.6 Å². The Morgan fingerprint density at radius 2 is 1.89 bits per heavy atom. The lowest BCUT2D eigenvalue weighted by Gasteiger charge is -2.32. The van der Waals surface area contributed by atoms with Crippen molar-refractivity contribution in [3.8, 4) is 0 Å². The zero-order chi connectivity index (χ0) is 20.2. The second-order valence-electron chi connectivity index (χ2n) is 7.61. The van der Waals surface area contributed by atoms with Crippen molar-refractivity contribution in [1.29, 1.82) is 0 Å². The minimum atomic E-state index is -0.853. The van der Waals surface area contributed by atoms with E-state index in [2.05, 4.69) is 0 Å². The Morgan fingerprint density at radius 1 is 1.26 bits per heavy atom. The Balaban J connectivity index is 2.07. The van der Waals surface area contributed by atoms with Crippen LogP contribution in [0.2, 0.25) is 0 Å². The lowest BCUT2D eigenvalue weighted by Crippen LogP contribution is -2.44. The summed E-state index contributed by atoms with van der Waals surface area (Å²) in [6.45, 7) is 4.86. The number of likely N-dealkylation sites (N-methyl/N-ethyl adjacent to an activating group) is 1. The van der Waals surface area contributed by atoms with E-state index in [9.17, 15) is 19.7 Å². The molecule has 8 nitrogen and oxygen atoms in total. The molecule has 1 aromatic rings. The standard InChI is InChI=1S/C19H27N3O5/c1-19(2,14-6-8-16(9-7-14)22(26)27)18(25)21-11-4-5-15(10-12-21)20(3)13-17(23)24/h6-9,15H,4-5,10-13H2,1-3H3,(H,23,24). The third-order valence-electron chi connectivity index (χ3n) is 5.33. The molecule has 0 radical (unpaired) electrons. The molecule has 0 saturated carbocycles. The molecule has 8 heteroatoms. The highest BCUT2D eigenvalue weighted by atomic mass is 16.6. The number of rotatable bonds is 6. The molecule has 1 amide bonds. The molecule has 1 fully saturated rings. The monoisotopic (exact) mass is 377 g/mol. The van der Waals surface area contributed by atoms with Crippen molar-refractivity contribution in [2.75, 3.05) is 26.7 Å². The van der Waals surface area contributed by atoms with E-state index in [-0.39, 0.29) is 24.2 Å². The Labute approximate surface area is 158 Å². The average Bonchev–Trinajstić information content (AvgIpc) is 2.86. The van der Waals surface area contributed by atoms with Crippen LogP contribution in [0.15, 0.2) is 24.3 Å². The normalized spacial score (nSPS) is 18.2. The molecule has 0 bridgehead atoms. The fourth-order valence-corrected chi connectivity index (χ4v) is 3.58. The van der Waals surface area contributed by atoms with E-state index in [0.29, 0.717) is 13.1 Å². The summed E-state index contributed by atoms with van der Waals surface area (Å²) in [7, 11) is 1.80. The molecule has 2 rings (SSSR count). The van der Waals surface area contributed by atoms with E-state index in [0.717, 1.165) is 24.8 Å². The SMILES string of the molecule is CN(CC(=O)O)C1CCCN(C(=O)C(C)(C)c2ccc([N+](=O)[O-])cc2)CC1. The van der Waals surface area contributed by atoms with Crippen LogP contribution < -0.4 is 0 Å². The van der Waals surface area contributed by atoms with Crippen molar-refractivity contribution < 1.29 is 19.6 Å². The van der Waals surface area contributed by atoms with Gasteiger partial charge in [-0.2, -0.15) is 0 Å². The first-order valence-corrected chi connectivity index (χ1v) is 9.09. The zero-order valence-electron chi connectivity index (χ0n) is 16.1. The lowest BCUT2D eigenvalue weighted by atomic mass is 9.83. The van der Waals surface area contributed by atoms with Crippen LogP contribution in [0.5, 0.6) is 0 Å². The number of amides is 1. The third-order valence-corrected chi connectivity index (χ3v) is 5.33. The number of carbonyl (C=O) groups excluding carboxylic acids is 1. The van der Waals surface area contributed by atoms with Crippen molar-refractivity contribution in [3.63, 3.8) is 0 Å². The van der Waals surface area contributed by atoms with Gasteiger partial charge in [-0.15, -0.1) is 0 Å². The molecular weight excluding hydrogens is 350 g/mol. The number of carboxylic acids is 1. The summed E-state index contributed by atoms with van der Waals surface area (Å²) < 4.78 is 0. The van der Waals surface area contributed by atoms with E-state index >= 15 is 0 Å². The van der Waals surface area contributed by atoms with Crippen LogP contribution in [0.25, 0.3) is 0 Å². The second-order valence-corrected chi connectivity index (χ2v) is 7.61. The maximum absolute atomic E-state index is 13.1. The van der Waals surface area contributed by atoms with Gasteiger partial charge >= 0.3 is 5.97 Å². The van der Waals surface area contributed by atoms with Gasteiger partial charge in [-0.1, -0.05) is 12.1 Å². The smallest absolute Gasteiger partial charge is 0.317 e. The largest absolute Gasteiger partial charge is 0.480 e. The number of benzene rings is 1. The van der Waals surface area contributed by atoms with E-state index in [1.54, 1.807) is 19.2 Å². The van der Waals surface area contributed by atoms with Crippen LogP contribution in [-0.4, -0.2) is 64.4 Å². The summed E-state index contributed by atoms with van der Waals surface area (Å²) >= 11 is 0. The summed E-state index contributed by atoms with van der Waals surface area (Å²) in [6.07, 6.45) is 2.40. The molecule has 0 spiro atoms. The molecular formula is C19H27N3O5. The first-order valence-electron chi connectivity index (χ1n) is 9.09. The highest BCUT2D eigenvalue weighted by molar-refractivity contribution is 5.87.